The molecule has 0 aliphatic rings. The largest absolute Gasteiger partial charge is 0.395 e. The van der Waals surface area contributed by atoms with E-state index in [-0.39, 0.29) is 6.61 Å². The second kappa shape index (κ2) is 15.4. The predicted octanol–water partition coefficient (Wildman–Crippen LogP) is 3.37. The quantitative estimate of drug-likeness (QED) is 0.327. The molecule has 0 saturated carbocycles. The summed E-state index contributed by atoms with van der Waals surface area (Å²) in [6.07, 6.45) is 12.6. The zero-order valence-corrected chi connectivity index (χ0v) is 15.4. The van der Waals surface area contributed by atoms with Crippen LogP contribution < -0.4 is 5.73 Å². The van der Waals surface area contributed by atoms with Crippen molar-refractivity contribution in [2.45, 2.75) is 109 Å². The molecule has 0 rings (SSSR count). The Labute approximate surface area is 143 Å². The molecule has 0 amide bonds. The molecule has 0 radical (unpaired) electrons. The smallest absolute Gasteiger partial charge is 0.0971 e. The van der Waals surface area contributed by atoms with E-state index in [0.717, 1.165) is 18.8 Å². The van der Waals surface area contributed by atoms with Gasteiger partial charge >= 0.3 is 0 Å². The summed E-state index contributed by atoms with van der Waals surface area (Å²) in [6, 6.07) is -0.745. The van der Waals surface area contributed by atoms with Crippen LogP contribution in [-0.4, -0.2) is 40.2 Å². The fourth-order valence-corrected chi connectivity index (χ4v) is 2.85. The van der Waals surface area contributed by atoms with Crippen molar-refractivity contribution in [2.24, 2.45) is 11.7 Å². The number of aliphatic hydroxyl groups excluding tert-OH is 3. The maximum Gasteiger partial charge on any atom is 0.0971 e. The number of hydrogen-bond donors (Lipinski definition) is 4. The van der Waals surface area contributed by atoms with Gasteiger partial charge in [-0.3, -0.25) is 0 Å². The first-order valence-corrected chi connectivity index (χ1v) is 9.75. The standard InChI is InChI=1S/C19H41NO3/c1-3-16(2)13-11-9-7-5-4-6-8-10-12-14-18(22)19(23)17(20)15-21/h16-19,21-23H,3-15,20H2,1-2H3/t16?,17-,18+,19-/m0/s1. The van der Waals surface area contributed by atoms with E-state index >= 15 is 0 Å². The molecule has 0 saturated heterocycles. The van der Waals surface area contributed by atoms with E-state index in [4.69, 9.17) is 10.8 Å². The maximum absolute atomic E-state index is 9.76. The van der Waals surface area contributed by atoms with E-state index in [1.54, 1.807) is 0 Å². The SMILES string of the molecule is CCC(C)CCCCCCCCCCC[C@@H](O)[C@@H](O)[C@@H](N)CO. The molecule has 0 fully saturated rings. The summed E-state index contributed by atoms with van der Waals surface area (Å²) in [5.74, 6) is 0.885. The molecule has 4 heteroatoms. The van der Waals surface area contributed by atoms with Crippen LogP contribution in [0.2, 0.25) is 0 Å². The molecule has 5 N–H and O–H groups in total. The highest BCUT2D eigenvalue weighted by Gasteiger charge is 2.22. The first kappa shape index (κ1) is 22.8. The van der Waals surface area contributed by atoms with Crippen molar-refractivity contribution < 1.29 is 15.3 Å². The molecule has 0 aliphatic carbocycles. The zero-order chi connectivity index (χ0) is 17.5. The molecule has 0 aliphatic heterocycles. The van der Waals surface area contributed by atoms with Crippen LogP contribution in [0.4, 0.5) is 0 Å². The predicted molar refractivity (Wildman–Crippen MR) is 97.3 cm³/mol. The number of hydrogen-bond acceptors (Lipinski definition) is 4. The van der Waals surface area contributed by atoms with Crippen LogP contribution in [0, 0.1) is 5.92 Å². The summed E-state index contributed by atoms with van der Waals surface area (Å²) >= 11 is 0. The summed E-state index contributed by atoms with van der Waals surface area (Å²) in [5.41, 5.74) is 5.50. The van der Waals surface area contributed by atoms with Crippen LogP contribution in [0.3, 0.4) is 0 Å². The summed E-state index contributed by atoms with van der Waals surface area (Å²) in [6.45, 7) is 4.31. The summed E-state index contributed by atoms with van der Waals surface area (Å²) in [7, 11) is 0. The highest BCUT2D eigenvalue weighted by Crippen LogP contribution is 2.16. The lowest BCUT2D eigenvalue weighted by molar-refractivity contribution is -0.0121. The fraction of sp³-hybridized carbons (Fsp3) is 1.00. The maximum atomic E-state index is 9.76. The minimum Gasteiger partial charge on any atom is -0.395 e. The van der Waals surface area contributed by atoms with Gasteiger partial charge in [0.15, 0.2) is 0 Å². The van der Waals surface area contributed by atoms with Gasteiger partial charge in [0.1, 0.15) is 0 Å². The molecule has 0 bridgehead atoms. The second-order valence-electron chi connectivity index (χ2n) is 7.18. The van der Waals surface area contributed by atoms with Crippen LogP contribution >= 0.6 is 0 Å². The fourth-order valence-electron chi connectivity index (χ4n) is 2.85. The molecule has 1 unspecified atom stereocenters. The Morgan fingerprint density at radius 1 is 0.783 bits per heavy atom. The number of unbranched alkanes of at least 4 members (excludes halogenated alkanes) is 8. The minimum absolute atomic E-state index is 0.296. The Morgan fingerprint density at radius 2 is 1.22 bits per heavy atom. The van der Waals surface area contributed by atoms with E-state index < -0.39 is 18.2 Å². The monoisotopic (exact) mass is 331 g/mol. The number of rotatable bonds is 16. The van der Waals surface area contributed by atoms with Crippen molar-refractivity contribution in [3.05, 3.63) is 0 Å². The van der Waals surface area contributed by atoms with E-state index in [2.05, 4.69) is 13.8 Å². The van der Waals surface area contributed by atoms with Gasteiger partial charge in [0, 0.05) is 0 Å². The summed E-state index contributed by atoms with van der Waals surface area (Å²) < 4.78 is 0. The zero-order valence-electron chi connectivity index (χ0n) is 15.4. The van der Waals surface area contributed by atoms with E-state index in [1.807, 2.05) is 0 Å². The van der Waals surface area contributed by atoms with Gasteiger partial charge in [0.25, 0.3) is 0 Å². The lowest BCUT2D eigenvalue weighted by Gasteiger charge is -2.22. The van der Waals surface area contributed by atoms with Gasteiger partial charge in [-0.15, -0.1) is 0 Å². The second-order valence-corrected chi connectivity index (χ2v) is 7.18. The van der Waals surface area contributed by atoms with Gasteiger partial charge in [0.05, 0.1) is 24.9 Å². The number of aliphatic hydroxyl groups is 3. The van der Waals surface area contributed by atoms with Crippen molar-refractivity contribution in [1.82, 2.24) is 0 Å². The van der Waals surface area contributed by atoms with Crippen LogP contribution in [0.15, 0.2) is 0 Å². The molecular formula is C19H41NO3. The average Bonchev–Trinajstić information content (AvgIpc) is 2.57. The Bertz CT molecular complexity index is 251. The van der Waals surface area contributed by atoms with E-state index in [0.29, 0.717) is 6.42 Å². The highest BCUT2D eigenvalue weighted by molar-refractivity contribution is 4.77. The average molecular weight is 332 g/mol. The Kier molecular flexibility index (Phi) is 15.3. The van der Waals surface area contributed by atoms with Gasteiger partial charge in [-0.1, -0.05) is 84.5 Å². The topological polar surface area (TPSA) is 86.7 Å². The van der Waals surface area contributed by atoms with Gasteiger partial charge < -0.3 is 21.1 Å². The molecule has 4 atom stereocenters. The summed E-state index contributed by atoms with van der Waals surface area (Å²) in [5, 5.41) is 28.2. The highest BCUT2D eigenvalue weighted by atomic mass is 16.3. The Balaban J connectivity index is 3.30. The molecule has 0 aromatic carbocycles. The molecule has 140 valence electrons. The van der Waals surface area contributed by atoms with Gasteiger partial charge in [-0.2, -0.15) is 0 Å². The lowest BCUT2D eigenvalue weighted by atomic mass is 9.99. The van der Waals surface area contributed by atoms with Crippen LogP contribution in [0.5, 0.6) is 0 Å². The molecule has 0 heterocycles. The molecule has 4 nitrogen and oxygen atoms in total. The molecule has 0 spiro atoms. The van der Waals surface area contributed by atoms with Crippen LogP contribution in [-0.2, 0) is 0 Å². The third-order valence-electron chi connectivity index (χ3n) is 4.94. The Hall–Kier alpha value is -0.160. The molecule has 0 aromatic heterocycles. The first-order valence-electron chi connectivity index (χ1n) is 9.75. The minimum atomic E-state index is -1.02. The van der Waals surface area contributed by atoms with Crippen molar-refractivity contribution in [3.8, 4) is 0 Å². The Morgan fingerprint density at radius 3 is 1.65 bits per heavy atom. The van der Waals surface area contributed by atoms with Crippen molar-refractivity contribution in [1.29, 1.82) is 0 Å². The first-order chi connectivity index (χ1) is 11.0. The number of nitrogens with two attached hydrogens (primary N) is 1. The van der Waals surface area contributed by atoms with Gasteiger partial charge in [0.2, 0.25) is 0 Å². The van der Waals surface area contributed by atoms with Crippen LogP contribution in [0.25, 0.3) is 0 Å². The van der Waals surface area contributed by atoms with Crippen LogP contribution in [0.1, 0.15) is 90.9 Å². The third kappa shape index (κ3) is 12.9. The lowest BCUT2D eigenvalue weighted by Crippen LogP contribution is -2.45. The summed E-state index contributed by atoms with van der Waals surface area (Å²) in [4.78, 5) is 0. The van der Waals surface area contributed by atoms with Gasteiger partial charge in [-0.25, -0.2) is 0 Å². The molecular weight excluding hydrogens is 290 g/mol. The van der Waals surface area contributed by atoms with Gasteiger partial charge in [-0.05, 0) is 12.3 Å². The third-order valence-corrected chi connectivity index (χ3v) is 4.94. The molecule has 0 aromatic rings. The normalized spacial score (nSPS) is 17.0. The van der Waals surface area contributed by atoms with Crippen molar-refractivity contribution in [3.63, 3.8) is 0 Å². The van der Waals surface area contributed by atoms with E-state index in [1.165, 1.54) is 57.8 Å². The molecule has 23 heavy (non-hydrogen) atoms. The van der Waals surface area contributed by atoms with Crippen molar-refractivity contribution >= 4 is 0 Å². The van der Waals surface area contributed by atoms with E-state index in [9.17, 15) is 10.2 Å². The van der Waals surface area contributed by atoms with Crippen molar-refractivity contribution in [2.75, 3.05) is 6.61 Å².